The van der Waals surface area contributed by atoms with Crippen LogP contribution in [0.2, 0.25) is 0 Å². The summed E-state index contributed by atoms with van der Waals surface area (Å²) in [4.78, 5) is 4.01. The zero-order valence-corrected chi connectivity index (χ0v) is 8.67. The van der Waals surface area contributed by atoms with Crippen molar-refractivity contribution in [1.82, 2.24) is 0 Å². The molecule has 0 rings (SSSR count). The van der Waals surface area contributed by atoms with Crippen molar-refractivity contribution in [2.24, 2.45) is 16.5 Å². The summed E-state index contributed by atoms with van der Waals surface area (Å²) < 4.78 is 0. The fraction of sp³-hybridized carbons (Fsp3) is 0.500. The highest BCUT2D eigenvalue weighted by atomic mass is 14.9. The quantitative estimate of drug-likeness (QED) is 0.514. The number of aliphatic imine (C=N–C) groups is 1. The van der Waals surface area contributed by atoms with Crippen LogP contribution in [-0.2, 0) is 0 Å². The van der Waals surface area contributed by atoms with Crippen LogP contribution in [0, 0.1) is 0 Å². The third-order valence-electron chi connectivity index (χ3n) is 1.59. The Balaban J connectivity index is 4.26. The van der Waals surface area contributed by atoms with Crippen molar-refractivity contribution < 1.29 is 0 Å². The van der Waals surface area contributed by atoms with Gasteiger partial charge in [0.25, 0.3) is 0 Å². The second kappa shape index (κ2) is 6.29. The molecular formula is C10H19N3. The summed E-state index contributed by atoms with van der Waals surface area (Å²) in [6.07, 6.45) is 5.81. The van der Waals surface area contributed by atoms with Crippen LogP contribution in [0.3, 0.4) is 0 Å². The molecule has 4 N–H and O–H groups in total. The number of rotatable bonds is 4. The molecule has 3 heteroatoms. The Bertz CT molecular complexity index is 233. The molecule has 0 amide bonds. The standard InChI is InChI=1S/C10H19N3/c1-4-5-6-7-13-10(12)9(11)8(2)3/h6-7H,4-5,11H2,1-3H3,(H2,12,13)/b7-6+. The highest BCUT2D eigenvalue weighted by Crippen LogP contribution is 1.96. The Labute approximate surface area is 80.2 Å². The molecule has 0 saturated carbocycles. The van der Waals surface area contributed by atoms with E-state index in [-0.39, 0.29) is 0 Å². The maximum Gasteiger partial charge on any atom is 0.146 e. The first-order chi connectivity index (χ1) is 6.09. The van der Waals surface area contributed by atoms with Crippen LogP contribution in [0.25, 0.3) is 0 Å². The summed E-state index contributed by atoms with van der Waals surface area (Å²) in [5, 5.41) is 0. The molecule has 0 unspecified atom stereocenters. The van der Waals surface area contributed by atoms with E-state index in [9.17, 15) is 0 Å². The molecule has 0 bridgehead atoms. The predicted octanol–water partition coefficient (Wildman–Crippen LogP) is 1.91. The lowest BCUT2D eigenvalue weighted by Crippen LogP contribution is -2.21. The van der Waals surface area contributed by atoms with Crippen LogP contribution in [0.5, 0.6) is 0 Å². The summed E-state index contributed by atoms with van der Waals surface area (Å²) in [6.45, 7) is 5.93. The molecule has 0 aromatic carbocycles. The molecule has 0 aliphatic heterocycles. The molecule has 0 spiro atoms. The first-order valence-corrected chi connectivity index (χ1v) is 4.51. The Morgan fingerprint density at radius 1 is 1.31 bits per heavy atom. The predicted molar refractivity (Wildman–Crippen MR) is 58.2 cm³/mol. The number of nitrogens with two attached hydrogens (primary N) is 2. The van der Waals surface area contributed by atoms with Gasteiger partial charge in [0, 0.05) is 6.20 Å². The topological polar surface area (TPSA) is 64.4 Å². The van der Waals surface area contributed by atoms with E-state index in [0.29, 0.717) is 11.5 Å². The summed E-state index contributed by atoms with van der Waals surface area (Å²) >= 11 is 0. The van der Waals surface area contributed by atoms with E-state index >= 15 is 0 Å². The molecule has 0 fully saturated rings. The molecule has 13 heavy (non-hydrogen) atoms. The van der Waals surface area contributed by atoms with E-state index in [0.717, 1.165) is 18.4 Å². The van der Waals surface area contributed by atoms with Gasteiger partial charge < -0.3 is 11.5 Å². The minimum absolute atomic E-state index is 0.396. The molecule has 3 nitrogen and oxygen atoms in total. The second-order valence-corrected chi connectivity index (χ2v) is 3.10. The van der Waals surface area contributed by atoms with Gasteiger partial charge in [0.2, 0.25) is 0 Å². The lowest BCUT2D eigenvalue weighted by Gasteiger charge is -2.00. The molecule has 0 radical (unpaired) electrons. The van der Waals surface area contributed by atoms with E-state index in [1.54, 1.807) is 6.20 Å². The van der Waals surface area contributed by atoms with E-state index in [1.165, 1.54) is 0 Å². The van der Waals surface area contributed by atoms with Gasteiger partial charge in [-0.2, -0.15) is 0 Å². The van der Waals surface area contributed by atoms with Gasteiger partial charge in [0.05, 0.1) is 5.70 Å². The number of amidine groups is 1. The van der Waals surface area contributed by atoms with Crippen molar-refractivity contribution in [3.8, 4) is 0 Å². The Morgan fingerprint density at radius 3 is 2.38 bits per heavy atom. The third-order valence-corrected chi connectivity index (χ3v) is 1.59. The summed E-state index contributed by atoms with van der Waals surface area (Å²) in [7, 11) is 0. The van der Waals surface area contributed by atoms with Crippen LogP contribution >= 0.6 is 0 Å². The monoisotopic (exact) mass is 181 g/mol. The SMILES string of the molecule is CCC/C=C/N=C(N)C(N)=C(C)C. The smallest absolute Gasteiger partial charge is 0.146 e. The van der Waals surface area contributed by atoms with Gasteiger partial charge in [-0.25, -0.2) is 4.99 Å². The van der Waals surface area contributed by atoms with Crippen LogP contribution in [-0.4, -0.2) is 5.84 Å². The minimum Gasteiger partial charge on any atom is -0.396 e. The van der Waals surface area contributed by atoms with Crippen LogP contribution in [0.15, 0.2) is 28.5 Å². The van der Waals surface area contributed by atoms with Crippen molar-refractivity contribution >= 4 is 5.84 Å². The third kappa shape index (κ3) is 5.06. The van der Waals surface area contributed by atoms with Gasteiger partial charge in [0.1, 0.15) is 5.84 Å². The molecule has 0 aliphatic carbocycles. The number of allylic oxidation sites excluding steroid dienone is 2. The molecule has 0 aromatic rings. The van der Waals surface area contributed by atoms with Crippen molar-refractivity contribution in [2.45, 2.75) is 33.6 Å². The first kappa shape index (κ1) is 11.8. The lowest BCUT2D eigenvalue weighted by molar-refractivity contribution is 0.956. The largest absolute Gasteiger partial charge is 0.396 e. The molecule has 0 heterocycles. The second-order valence-electron chi connectivity index (χ2n) is 3.10. The fourth-order valence-corrected chi connectivity index (χ4v) is 0.700. The molecule has 0 aliphatic rings. The first-order valence-electron chi connectivity index (χ1n) is 4.51. The minimum atomic E-state index is 0.396. The molecular weight excluding hydrogens is 162 g/mol. The van der Waals surface area contributed by atoms with Gasteiger partial charge in [-0.15, -0.1) is 0 Å². The summed E-state index contributed by atoms with van der Waals surface area (Å²) in [5.74, 6) is 0.396. The van der Waals surface area contributed by atoms with Gasteiger partial charge in [-0.1, -0.05) is 19.4 Å². The number of nitrogens with zero attached hydrogens (tertiary/aromatic N) is 1. The maximum absolute atomic E-state index is 5.66. The van der Waals surface area contributed by atoms with Gasteiger partial charge in [-0.3, -0.25) is 0 Å². The zero-order valence-electron chi connectivity index (χ0n) is 8.67. The Morgan fingerprint density at radius 2 is 1.92 bits per heavy atom. The van der Waals surface area contributed by atoms with E-state index < -0.39 is 0 Å². The molecule has 0 aromatic heterocycles. The highest BCUT2D eigenvalue weighted by molar-refractivity contribution is 5.96. The van der Waals surface area contributed by atoms with Crippen molar-refractivity contribution in [3.05, 3.63) is 23.5 Å². The van der Waals surface area contributed by atoms with E-state index in [4.69, 9.17) is 11.5 Å². The number of unbranched alkanes of at least 4 members (excludes halogenated alkanes) is 1. The fourth-order valence-electron chi connectivity index (χ4n) is 0.700. The van der Waals surface area contributed by atoms with Crippen molar-refractivity contribution in [2.75, 3.05) is 0 Å². The Hall–Kier alpha value is -1.25. The zero-order chi connectivity index (χ0) is 10.3. The summed E-state index contributed by atoms with van der Waals surface area (Å²) in [6, 6.07) is 0. The average Bonchev–Trinajstić information content (AvgIpc) is 2.10. The Kier molecular flexibility index (Phi) is 5.68. The van der Waals surface area contributed by atoms with Crippen molar-refractivity contribution in [3.63, 3.8) is 0 Å². The number of hydrogen-bond donors (Lipinski definition) is 2. The van der Waals surface area contributed by atoms with Gasteiger partial charge in [-0.05, 0) is 25.8 Å². The van der Waals surface area contributed by atoms with E-state index in [1.807, 2.05) is 19.9 Å². The normalized spacial score (nSPS) is 12.1. The average molecular weight is 181 g/mol. The van der Waals surface area contributed by atoms with Gasteiger partial charge in [0.15, 0.2) is 0 Å². The van der Waals surface area contributed by atoms with Gasteiger partial charge >= 0.3 is 0 Å². The van der Waals surface area contributed by atoms with Crippen LogP contribution < -0.4 is 11.5 Å². The molecule has 0 saturated heterocycles. The van der Waals surface area contributed by atoms with Crippen molar-refractivity contribution in [1.29, 1.82) is 0 Å². The van der Waals surface area contributed by atoms with Crippen LogP contribution in [0.4, 0.5) is 0 Å². The lowest BCUT2D eigenvalue weighted by atomic mass is 10.2. The maximum atomic E-state index is 5.66. The summed E-state index contributed by atoms with van der Waals surface area (Å²) in [5.41, 5.74) is 12.8. The van der Waals surface area contributed by atoms with E-state index in [2.05, 4.69) is 11.9 Å². The van der Waals surface area contributed by atoms with Crippen LogP contribution in [0.1, 0.15) is 33.6 Å². The highest BCUT2D eigenvalue weighted by Gasteiger charge is 1.96. The number of hydrogen-bond acceptors (Lipinski definition) is 2. The molecule has 74 valence electrons. The molecule has 0 atom stereocenters.